The van der Waals surface area contributed by atoms with E-state index in [1.807, 2.05) is 24.3 Å². The summed E-state index contributed by atoms with van der Waals surface area (Å²) in [5.41, 5.74) is -2.50. The van der Waals surface area contributed by atoms with Crippen LogP contribution in [-0.4, -0.2) is 61.3 Å². The van der Waals surface area contributed by atoms with Crippen LogP contribution >= 0.6 is 0 Å². The van der Waals surface area contributed by atoms with Crippen molar-refractivity contribution in [3.8, 4) is 0 Å². The number of ether oxygens (including phenoxy) is 2. The summed E-state index contributed by atoms with van der Waals surface area (Å²) in [7, 11) is 0. The Balaban J connectivity index is 1.44. The first kappa shape index (κ1) is 29.2. The number of esters is 2. The third-order valence-electron chi connectivity index (χ3n) is 6.30. The lowest BCUT2D eigenvalue weighted by atomic mass is 10.1. The second-order valence-electron chi connectivity index (χ2n) is 9.25. The number of carbonyl (C=O) groups excluding carboxylic acids is 2. The molecule has 0 spiro atoms. The lowest BCUT2D eigenvalue weighted by Crippen LogP contribution is -2.56. The van der Waals surface area contributed by atoms with Crippen LogP contribution in [0.3, 0.4) is 0 Å². The van der Waals surface area contributed by atoms with E-state index in [2.05, 4.69) is 0 Å². The van der Waals surface area contributed by atoms with E-state index in [4.69, 9.17) is 9.47 Å². The van der Waals surface area contributed by atoms with Gasteiger partial charge in [0.1, 0.15) is 25.4 Å². The molecule has 0 saturated heterocycles. The Bertz CT molecular complexity index is 1720. The second-order valence-corrected chi connectivity index (χ2v) is 9.25. The minimum Gasteiger partial charge on any atom is -0.459 e. The van der Waals surface area contributed by atoms with Crippen LogP contribution in [0, 0.1) is 0 Å². The van der Waals surface area contributed by atoms with E-state index in [-0.39, 0.29) is 17.7 Å². The van der Waals surface area contributed by atoms with Crippen LogP contribution in [-0.2, 0) is 29.1 Å². The van der Waals surface area contributed by atoms with E-state index in [9.17, 15) is 34.2 Å². The molecule has 0 aliphatic heterocycles. The van der Waals surface area contributed by atoms with Crippen LogP contribution < -0.4 is 17.1 Å². The number of aliphatic hydroxyl groups excluding tert-OH is 2. The topological polar surface area (TPSA) is 159 Å². The third-order valence-corrected chi connectivity index (χ3v) is 6.30. The van der Waals surface area contributed by atoms with Gasteiger partial charge in [0, 0.05) is 6.54 Å². The first-order valence-electron chi connectivity index (χ1n) is 12.9. The van der Waals surface area contributed by atoms with Crippen molar-refractivity contribution in [1.29, 1.82) is 0 Å². The standard InChI is InChI=1S/C29H29N3O9/c1-2-30-27(37)31(15-23(33)17-40-25(35)20-9-4-3-5-10-20)29(39)32(28(30)38)16-24(34)18-41-26(36)22-13-12-19-8-6-7-11-21(19)14-22/h3-14,23-24,33-34H,2,15-18H2,1H3. The summed E-state index contributed by atoms with van der Waals surface area (Å²) in [4.78, 5) is 63.4. The van der Waals surface area contributed by atoms with Crippen LogP contribution in [0.15, 0.2) is 87.2 Å². The number of rotatable bonds is 11. The van der Waals surface area contributed by atoms with Gasteiger partial charge in [0.25, 0.3) is 0 Å². The molecule has 2 N–H and O–H groups in total. The van der Waals surface area contributed by atoms with Crippen molar-refractivity contribution in [2.75, 3.05) is 13.2 Å². The number of aliphatic hydroxyl groups is 2. The van der Waals surface area contributed by atoms with Gasteiger partial charge in [-0.2, -0.15) is 0 Å². The molecule has 0 bridgehead atoms. The number of benzene rings is 3. The predicted molar refractivity (Wildman–Crippen MR) is 148 cm³/mol. The van der Waals surface area contributed by atoms with Gasteiger partial charge < -0.3 is 19.7 Å². The summed E-state index contributed by atoms with van der Waals surface area (Å²) >= 11 is 0. The average molecular weight is 564 g/mol. The predicted octanol–water partition coefficient (Wildman–Crippen LogP) is 0.781. The van der Waals surface area contributed by atoms with Crippen molar-refractivity contribution in [3.63, 3.8) is 0 Å². The molecule has 3 aromatic carbocycles. The monoisotopic (exact) mass is 563 g/mol. The Hall–Kier alpha value is -4.81. The lowest BCUT2D eigenvalue weighted by Gasteiger charge is -2.17. The maximum Gasteiger partial charge on any atom is 0.338 e. The van der Waals surface area contributed by atoms with Crippen LogP contribution in [0.1, 0.15) is 27.6 Å². The van der Waals surface area contributed by atoms with E-state index < -0.39 is 67.5 Å². The zero-order valence-electron chi connectivity index (χ0n) is 22.2. The molecule has 0 fully saturated rings. The summed E-state index contributed by atoms with van der Waals surface area (Å²) in [6, 6.07) is 20.5. The number of nitrogens with zero attached hydrogens (tertiary/aromatic N) is 3. The van der Waals surface area contributed by atoms with E-state index in [1.165, 1.54) is 19.1 Å². The van der Waals surface area contributed by atoms with Crippen molar-refractivity contribution in [1.82, 2.24) is 13.7 Å². The highest BCUT2D eigenvalue weighted by Gasteiger charge is 2.21. The van der Waals surface area contributed by atoms with Gasteiger partial charge in [-0.25, -0.2) is 37.7 Å². The Morgan fingerprint density at radius 3 is 1.71 bits per heavy atom. The summed E-state index contributed by atoms with van der Waals surface area (Å²) in [6.45, 7) is -0.778. The maximum atomic E-state index is 13.1. The second kappa shape index (κ2) is 13.0. The highest BCUT2D eigenvalue weighted by atomic mass is 16.5. The number of carbonyl (C=O) groups is 2. The summed E-state index contributed by atoms with van der Waals surface area (Å²) in [5.74, 6) is -1.40. The van der Waals surface area contributed by atoms with Gasteiger partial charge in [0.2, 0.25) is 0 Å². The first-order chi connectivity index (χ1) is 19.7. The number of aromatic nitrogens is 3. The SMILES string of the molecule is CCn1c(=O)n(CC(O)COC(=O)c2ccccc2)c(=O)n(CC(O)COC(=O)c2ccc3ccccc3c2)c1=O. The van der Waals surface area contributed by atoms with Crippen molar-refractivity contribution in [2.45, 2.75) is 38.8 Å². The summed E-state index contributed by atoms with van der Waals surface area (Å²) in [5, 5.41) is 22.7. The fourth-order valence-electron chi connectivity index (χ4n) is 4.19. The first-order valence-corrected chi connectivity index (χ1v) is 12.9. The molecule has 12 heteroatoms. The van der Waals surface area contributed by atoms with Gasteiger partial charge >= 0.3 is 29.0 Å². The van der Waals surface area contributed by atoms with E-state index in [1.54, 1.807) is 36.4 Å². The number of fused-ring (bicyclic) bond motifs is 1. The molecular weight excluding hydrogens is 534 g/mol. The van der Waals surface area contributed by atoms with Crippen LogP contribution in [0.4, 0.5) is 0 Å². The number of hydrogen-bond acceptors (Lipinski definition) is 9. The van der Waals surface area contributed by atoms with Gasteiger partial charge in [-0.3, -0.25) is 0 Å². The minimum absolute atomic E-state index is 0.0932. The molecule has 1 heterocycles. The number of hydrogen-bond donors (Lipinski definition) is 2. The Morgan fingerprint density at radius 2 is 1.15 bits per heavy atom. The summed E-state index contributed by atoms with van der Waals surface area (Å²) < 4.78 is 12.3. The van der Waals surface area contributed by atoms with Gasteiger partial charge in [-0.1, -0.05) is 48.5 Å². The lowest BCUT2D eigenvalue weighted by molar-refractivity contribution is 0.0189. The largest absolute Gasteiger partial charge is 0.459 e. The van der Waals surface area contributed by atoms with Gasteiger partial charge in [0.15, 0.2) is 0 Å². The van der Waals surface area contributed by atoms with Crippen molar-refractivity contribution >= 4 is 22.7 Å². The molecule has 4 rings (SSSR count). The van der Waals surface area contributed by atoms with E-state index >= 15 is 0 Å². The Morgan fingerprint density at radius 1 is 0.659 bits per heavy atom. The fraction of sp³-hybridized carbons (Fsp3) is 0.276. The molecular formula is C29H29N3O9. The minimum atomic E-state index is -1.46. The Labute approximate surface area is 233 Å². The average Bonchev–Trinajstić information content (AvgIpc) is 2.99. The zero-order chi connectivity index (χ0) is 29.5. The molecule has 12 nitrogen and oxygen atoms in total. The van der Waals surface area contributed by atoms with E-state index in [0.717, 1.165) is 15.3 Å². The molecule has 4 aromatic rings. The molecule has 214 valence electrons. The van der Waals surface area contributed by atoms with Gasteiger partial charge in [0.05, 0.1) is 24.2 Å². The van der Waals surface area contributed by atoms with Crippen molar-refractivity contribution < 1.29 is 29.3 Å². The third kappa shape index (κ3) is 6.86. The van der Waals surface area contributed by atoms with Crippen molar-refractivity contribution in [2.24, 2.45) is 0 Å². The quantitative estimate of drug-likeness (QED) is 0.252. The van der Waals surface area contributed by atoms with Crippen LogP contribution in [0.2, 0.25) is 0 Å². The zero-order valence-corrected chi connectivity index (χ0v) is 22.2. The molecule has 0 amide bonds. The summed E-state index contributed by atoms with van der Waals surface area (Å²) in [6.07, 6.45) is -2.91. The molecule has 0 aliphatic rings. The Kier molecular flexibility index (Phi) is 9.27. The normalized spacial score (nSPS) is 12.6. The molecule has 1 aromatic heterocycles. The molecule has 0 saturated carbocycles. The van der Waals surface area contributed by atoms with E-state index in [0.29, 0.717) is 9.13 Å². The molecule has 2 unspecified atom stereocenters. The van der Waals surface area contributed by atoms with Crippen LogP contribution in [0.5, 0.6) is 0 Å². The highest BCUT2D eigenvalue weighted by Crippen LogP contribution is 2.16. The highest BCUT2D eigenvalue weighted by molar-refractivity contribution is 5.95. The molecule has 0 radical (unpaired) electrons. The molecule has 0 aliphatic carbocycles. The van der Waals surface area contributed by atoms with Crippen LogP contribution in [0.25, 0.3) is 10.8 Å². The molecule has 41 heavy (non-hydrogen) atoms. The van der Waals surface area contributed by atoms with Gasteiger partial charge in [-0.05, 0) is 42.0 Å². The van der Waals surface area contributed by atoms with Gasteiger partial charge in [-0.15, -0.1) is 0 Å². The van der Waals surface area contributed by atoms with Crippen molar-refractivity contribution in [3.05, 3.63) is 115 Å². The molecule has 2 atom stereocenters. The maximum absolute atomic E-state index is 13.1. The smallest absolute Gasteiger partial charge is 0.338 e. The fourth-order valence-corrected chi connectivity index (χ4v) is 4.19.